The first-order valence-electron chi connectivity index (χ1n) is 16.5. The summed E-state index contributed by atoms with van der Waals surface area (Å²) in [6.07, 6.45) is 0. The van der Waals surface area contributed by atoms with Crippen molar-refractivity contribution < 1.29 is 0 Å². The van der Waals surface area contributed by atoms with Crippen molar-refractivity contribution in [2.75, 3.05) is 10.2 Å². The van der Waals surface area contributed by atoms with E-state index in [2.05, 4.69) is 194 Å². The predicted molar refractivity (Wildman–Crippen MR) is 206 cm³/mol. The number of nitrogens with one attached hydrogen (secondary N) is 1. The minimum Gasteiger partial charge on any atom is -0.356 e. The number of aryl methyl sites for hydroxylation is 1. The first-order valence-corrected chi connectivity index (χ1v) is 16.5. The fraction of sp³-hybridized carbons (Fsp3) is 0.0435. The van der Waals surface area contributed by atoms with Crippen molar-refractivity contribution in [3.63, 3.8) is 0 Å². The topological polar surface area (TPSA) is 15.3 Å². The molecule has 0 amide bonds. The van der Waals surface area contributed by atoms with Crippen molar-refractivity contribution in [1.29, 1.82) is 0 Å². The summed E-state index contributed by atoms with van der Waals surface area (Å²) in [5.41, 5.74) is 13.0. The molecular formula is C46H36N2. The van der Waals surface area contributed by atoms with Crippen LogP contribution >= 0.6 is 0 Å². The molecule has 0 bridgehead atoms. The molecule has 8 aromatic rings. The molecule has 0 radical (unpaired) electrons. The maximum absolute atomic E-state index is 3.56. The van der Waals surface area contributed by atoms with Crippen molar-refractivity contribution in [2.24, 2.45) is 0 Å². The lowest BCUT2D eigenvalue weighted by Crippen LogP contribution is -2.12. The average Bonchev–Trinajstić information content (AvgIpc) is 3.13. The van der Waals surface area contributed by atoms with Gasteiger partial charge in [-0.25, -0.2) is 0 Å². The fourth-order valence-corrected chi connectivity index (χ4v) is 7.08. The van der Waals surface area contributed by atoms with E-state index in [-0.39, 0.29) is 0 Å². The molecule has 0 heterocycles. The van der Waals surface area contributed by atoms with E-state index in [1.807, 2.05) is 6.07 Å². The van der Waals surface area contributed by atoms with Gasteiger partial charge in [0, 0.05) is 28.0 Å². The molecule has 0 fully saturated rings. The summed E-state index contributed by atoms with van der Waals surface area (Å²) in [5, 5.41) is 8.47. The first kappa shape index (κ1) is 29.3. The van der Waals surface area contributed by atoms with Crippen LogP contribution in [-0.4, -0.2) is 0 Å². The van der Waals surface area contributed by atoms with Gasteiger partial charge in [0.25, 0.3) is 0 Å². The van der Waals surface area contributed by atoms with E-state index < -0.39 is 0 Å². The van der Waals surface area contributed by atoms with Gasteiger partial charge in [0.15, 0.2) is 0 Å². The Kier molecular flexibility index (Phi) is 7.68. The molecule has 0 aliphatic heterocycles. The van der Waals surface area contributed by atoms with Crippen LogP contribution in [0, 0.1) is 13.8 Å². The zero-order valence-electron chi connectivity index (χ0n) is 27.2. The maximum Gasteiger partial charge on any atom is 0.0543 e. The summed E-state index contributed by atoms with van der Waals surface area (Å²) in [4.78, 5) is 2.44. The van der Waals surface area contributed by atoms with E-state index in [1.165, 1.54) is 54.9 Å². The zero-order valence-corrected chi connectivity index (χ0v) is 27.2. The highest BCUT2D eigenvalue weighted by Crippen LogP contribution is 2.48. The Hall–Kier alpha value is -6.12. The molecule has 2 heteroatoms. The van der Waals surface area contributed by atoms with Gasteiger partial charge in [-0.2, -0.15) is 0 Å². The second kappa shape index (κ2) is 12.6. The molecule has 0 saturated heterocycles. The third kappa shape index (κ3) is 5.38. The molecule has 0 saturated carbocycles. The van der Waals surface area contributed by atoms with Gasteiger partial charge in [-0.05, 0) is 106 Å². The number of hydrogen-bond donors (Lipinski definition) is 1. The third-order valence-corrected chi connectivity index (χ3v) is 9.34. The summed E-state index contributed by atoms with van der Waals surface area (Å²) < 4.78 is 0. The molecule has 8 aromatic carbocycles. The lowest BCUT2D eigenvalue weighted by atomic mass is 9.87. The van der Waals surface area contributed by atoms with E-state index in [0.717, 1.165) is 28.4 Å². The molecule has 230 valence electrons. The van der Waals surface area contributed by atoms with Gasteiger partial charge in [-0.1, -0.05) is 127 Å². The van der Waals surface area contributed by atoms with Gasteiger partial charge in [-0.3, -0.25) is 0 Å². The first-order chi connectivity index (χ1) is 23.7. The van der Waals surface area contributed by atoms with E-state index in [0.29, 0.717) is 0 Å². The zero-order chi connectivity index (χ0) is 32.5. The molecule has 1 N–H and O–H groups in total. The summed E-state index contributed by atoms with van der Waals surface area (Å²) in [7, 11) is 0. The van der Waals surface area contributed by atoms with Crippen LogP contribution in [0.25, 0.3) is 43.8 Å². The summed E-state index contributed by atoms with van der Waals surface area (Å²) in [6, 6.07) is 63.1. The fourth-order valence-electron chi connectivity index (χ4n) is 7.08. The molecule has 0 atom stereocenters. The number of rotatable bonds is 7. The Morgan fingerprint density at radius 1 is 0.417 bits per heavy atom. The number of nitrogens with zero attached hydrogens (tertiary/aromatic N) is 1. The van der Waals surface area contributed by atoms with Crippen LogP contribution in [0.15, 0.2) is 176 Å². The van der Waals surface area contributed by atoms with E-state index in [4.69, 9.17) is 0 Å². The molecule has 0 aliphatic rings. The summed E-state index contributed by atoms with van der Waals surface area (Å²) in [5.74, 6) is 0. The highest BCUT2D eigenvalue weighted by molar-refractivity contribution is 6.06. The van der Waals surface area contributed by atoms with Crippen LogP contribution in [0.5, 0.6) is 0 Å². The Balaban J connectivity index is 1.38. The number of fused-ring (bicyclic) bond motifs is 2. The average molecular weight is 617 g/mol. The molecular weight excluding hydrogens is 581 g/mol. The van der Waals surface area contributed by atoms with Crippen LogP contribution in [0.2, 0.25) is 0 Å². The number of para-hydroxylation sites is 2. The van der Waals surface area contributed by atoms with Crippen LogP contribution < -0.4 is 10.2 Å². The van der Waals surface area contributed by atoms with Crippen LogP contribution in [0.4, 0.5) is 28.4 Å². The molecule has 2 nitrogen and oxygen atoms in total. The molecule has 0 aliphatic carbocycles. The second-order valence-electron chi connectivity index (χ2n) is 12.3. The van der Waals surface area contributed by atoms with Crippen LogP contribution in [-0.2, 0) is 0 Å². The third-order valence-electron chi connectivity index (χ3n) is 9.34. The SMILES string of the molecule is Cc1cc(Nc2ccccc2)ccc1-c1ccc(N(c2ccccc2)c2cccc3ccccc23)c(-c2cccc3ccccc23)c1C. The van der Waals surface area contributed by atoms with Gasteiger partial charge >= 0.3 is 0 Å². The Morgan fingerprint density at radius 3 is 1.77 bits per heavy atom. The maximum atomic E-state index is 3.56. The molecule has 48 heavy (non-hydrogen) atoms. The number of anilines is 5. The van der Waals surface area contributed by atoms with E-state index in [1.54, 1.807) is 0 Å². The molecule has 0 aromatic heterocycles. The summed E-state index contributed by atoms with van der Waals surface area (Å²) in [6.45, 7) is 4.50. The lowest BCUT2D eigenvalue weighted by molar-refractivity contribution is 1.28. The number of benzene rings is 8. The van der Waals surface area contributed by atoms with Crippen molar-refractivity contribution in [3.05, 3.63) is 187 Å². The Morgan fingerprint density at radius 2 is 1.02 bits per heavy atom. The highest BCUT2D eigenvalue weighted by Gasteiger charge is 2.23. The Bertz CT molecular complexity index is 2380. The largest absolute Gasteiger partial charge is 0.356 e. The van der Waals surface area contributed by atoms with Gasteiger partial charge in [-0.15, -0.1) is 0 Å². The van der Waals surface area contributed by atoms with Crippen LogP contribution in [0.1, 0.15) is 11.1 Å². The minimum absolute atomic E-state index is 1.08. The van der Waals surface area contributed by atoms with Crippen molar-refractivity contribution in [2.45, 2.75) is 13.8 Å². The normalized spacial score (nSPS) is 11.1. The van der Waals surface area contributed by atoms with Gasteiger partial charge in [0.2, 0.25) is 0 Å². The molecule has 0 unspecified atom stereocenters. The molecule has 8 rings (SSSR count). The van der Waals surface area contributed by atoms with Crippen molar-refractivity contribution in [1.82, 2.24) is 0 Å². The number of hydrogen-bond acceptors (Lipinski definition) is 2. The van der Waals surface area contributed by atoms with E-state index in [9.17, 15) is 0 Å². The van der Waals surface area contributed by atoms with Gasteiger partial charge < -0.3 is 10.2 Å². The van der Waals surface area contributed by atoms with Crippen molar-refractivity contribution in [3.8, 4) is 22.3 Å². The van der Waals surface area contributed by atoms with Crippen molar-refractivity contribution >= 4 is 50.0 Å². The monoisotopic (exact) mass is 616 g/mol. The molecule has 0 spiro atoms. The standard InChI is InChI=1S/C46H36N2/c1-32-31-37(47-36-19-5-3-6-20-36)27-28-39(32)40-29-30-45(46(33(40)2)43-25-13-17-34-15-9-11-23-41(34)43)48(38-21-7-4-8-22-38)44-26-14-18-35-16-10-12-24-42(35)44/h3-31,47H,1-2H3. The summed E-state index contributed by atoms with van der Waals surface area (Å²) >= 11 is 0. The second-order valence-corrected chi connectivity index (χ2v) is 12.3. The lowest BCUT2D eigenvalue weighted by Gasteiger charge is -2.31. The predicted octanol–water partition coefficient (Wildman–Crippen LogP) is 13.2. The highest BCUT2D eigenvalue weighted by atomic mass is 15.1. The van der Waals surface area contributed by atoms with Gasteiger partial charge in [0.05, 0.1) is 11.4 Å². The quantitative estimate of drug-likeness (QED) is 0.192. The smallest absolute Gasteiger partial charge is 0.0543 e. The van der Waals surface area contributed by atoms with E-state index >= 15 is 0 Å². The van der Waals surface area contributed by atoms with Crippen LogP contribution in [0.3, 0.4) is 0 Å². The Labute approximate surface area is 282 Å². The van der Waals surface area contributed by atoms with Gasteiger partial charge in [0.1, 0.15) is 0 Å². The minimum atomic E-state index is 1.08.